The van der Waals surface area contributed by atoms with Gasteiger partial charge in [-0.05, 0) is 60.5 Å². The van der Waals surface area contributed by atoms with Crippen LogP contribution in [0.4, 0.5) is 13.2 Å². The van der Waals surface area contributed by atoms with E-state index in [0.717, 1.165) is 41.9 Å². The summed E-state index contributed by atoms with van der Waals surface area (Å²) in [5.74, 6) is 1.20. The van der Waals surface area contributed by atoms with Gasteiger partial charge in [0, 0.05) is 44.0 Å². The average Bonchev–Trinajstić information content (AvgIpc) is 3.44. The molecule has 0 saturated carbocycles. The molecule has 3 aromatic rings. The minimum absolute atomic E-state index is 0.166. The Hall–Kier alpha value is -4.48. The first-order chi connectivity index (χ1) is 20.6. The number of benzene rings is 2. The number of dihydropyridines is 1. The highest BCUT2D eigenvalue weighted by atomic mass is 19.4. The molecule has 1 spiro atoms. The molecule has 0 amide bonds. The van der Waals surface area contributed by atoms with Gasteiger partial charge in [-0.2, -0.15) is 13.2 Å². The summed E-state index contributed by atoms with van der Waals surface area (Å²) in [5.41, 5.74) is 1.67. The predicted molar refractivity (Wildman–Crippen MR) is 151 cm³/mol. The number of aromatic nitrogens is 2. The number of allylic oxidation sites excluding steroid dienone is 2. The van der Waals surface area contributed by atoms with Crippen molar-refractivity contribution in [1.29, 1.82) is 0 Å². The van der Waals surface area contributed by atoms with E-state index in [-0.39, 0.29) is 18.3 Å². The zero-order valence-corrected chi connectivity index (χ0v) is 23.7. The number of piperidine rings is 1. The SMILES string of the molecule is COC(=O)CC1CC2(CCN(C3=CC=C(c4nc5ccc(C(F)(F)F)cc5[nH]4)CN3)CC2)Oc2ccc(C(=O)OC)cc21. The van der Waals surface area contributed by atoms with Crippen LogP contribution in [-0.4, -0.2) is 66.3 Å². The molecule has 4 heterocycles. The van der Waals surface area contributed by atoms with Gasteiger partial charge in [0.15, 0.2) is 0 Å². The van der Waals surface area contributed by atoms with E-state index in [1.807, 2.05) is 12.2 Å². The smallest absolute Gasteiger partial charge is 0.416 e. The summed E-state index contributed by atoms with van der Waals surface area (Å²) in [6.45, 7) is 1.90. The standard InChI is InChI=1S/C31H31F3N4O5/c1-41-27(39)14-20-16-30(43-25-7-3-18(13-22(20)25)29(40)42-2)9-11-38(12-10-30)26-8-4-19(17-35-26)28-36-23-6-5-21(31(32,33)34)15-24(23)37-28/h3-8,13,15,20,35H,9-12,14,16-17H2,1-2H3,(H,36,37). The van der Waals surface area contributed by atoms with Crippen molar-refractivity contribution >= 4 is 28.5 Å². The largest absolute Gasteiger partial charge is 0.487 e. The van der Waals surface area contributed by atoms with Crippen molar-refractivity contribution in [3.63, 3.8) is 0 Å². The number of nitrogens with one attached hydrogen (secondary N) is 2. The minimum Gasteiger partial charge on any atom is -0.487 e. The maximum Gasteiger partial charge on any atom is 0.416 e. The van der Waals surface area contributed by atoms with Crippen LogP contribution in [0, 0.1) is 0 Å². The number of rotatable bonds is 5. The Bertz CT molecular complexity index is 1640. The lowest BCUT2D eigenvalue weighted by Crippen LogP contribution is -2.51. The predicted octanol–water partition coefficient (Wildman–Crippen LogP) is 5.16. The first kappa shape index (κ1) is 28.6. The fourth-order valence-corrected chi connectivity index (χ4v) is 6.17. The third-order valence-electron chi connectivity index (χ3n) is 8.49. The van der Waals surface area contributed by atoms with E-state index in [4.69, 9.17) is 14.2 Å². The zero-order chi connectivity index (χ0) is 30.4. The maximum atomic E-state index is 13.1. The number of halogens is 3. The van der Waals surface area contributed by atoms with Crippen molar-refractivity contribution in [2.24, 2.45) is 0 Å². The molecule has 6 rings (SSSR count). The Kier molecular flexibility index (Phi) is 7.31. The topological polar surface area (TPSA) is 106 Å². The van der Waals surface area contributed by atoms with Crippen molar-refractivity contribution in [3.05, 3.63) is 76.9 Å². The monoisotopic (exact) mass is 596 g/mol. The molecule has 43 heavy (non-hydrogen) atoms. The summed E-state index contributed by atoms with van der Waals surface area (Å²) in [4.78, 5) is 34.2. The molecule has 3 aliphatic rings. The molecule has 0 bridgehead atoms. The molecule has 1 saturated heterocycles. The Morgan fingerprint density at radius 2 is 1.88 bits per heavy atom. The molecule has 1 unspecified atom stereocenters. The molecular weight excluding hydrogens is 565 g/mol. The van der Waals surface area contributed by atoms with Crippen LogP contribution in [0.25, 0.3) is 16.6 Å². The lowest BCUT2D eigenvalue weighted by molar-refractivity contribution is -0.141. The second-order valence-corrected chi connectivity index (χ2v) is 11.1. The first-order valence-corrected chi connectivity index (χ1v) is 14.0. The number of H-pyrrole nitrogens is 1. The van der Waals surface area contributed by atoms with Crippen molar-refractivity contribution in [2.75, 3.05) is 33.9 Å². The van der Waals surface area contributed by atoms with Crippen molar-refractivity contribution in [3.8, 4) is 5.75 Å². The second kappa shape index (κ2) is 11.0. The summed E-state index contributed by atoms with van der Waals surface area (Å²) in [7, 11) is 2.69. The number of likely N-dealkylation sites (tertiary alicyclic amines) is 1. The fraction of sp³-hybridized carbons (Fsp3) is 0.387. The molecular formula is C31H31F3N4O5. The van der Waals surface area contributed by atoms with Gasteiger partial charge >= 0.3 is 18.1 Å². The third kappa shape index (κ3) is 5.65. The lowest BCUT2D eigenvalue weighted by atomic mass is 9.76. The summed E-state index contributed by atoms with van der Waals surface area (Å²) < 4.78 is 55.7. The number of nitrogens with zero attached hydrogens (tertiary/aromatic N) is 2. The molecule has 12 heteroatoms. The van der Waals surface area contributed by atoms with Crippen LogP contribution < -0.4 is 10.1 Å². The number of carbonyl (C=O) groups is 2. The molecule has 0 radical (unpaired) electrons. The number of hydrogen-bond donors (Lipinski definition) is 2. The van der Waals surface area contributed by atoms with E-state index in [2.05, 4.69) is 20.2 Å². The number of fused-ring (bicyclic) bond motifs is 2. The van der Waals surface area contributed by atoms with Crippen molar-refractivity contribution in [2.45, 2.75) is 43.4 Å². The summed E-state index contributed by atoms with van der Waals surface area (Å²) in [6, 6.07) is 8.68. The van der Waals surface area contributed by atoms with Gasteiger partial charge in [-0.25, -0.2) is 9.78 Å². The zero-order valence-electron chi connectivity index (χ0n) is 23.7. The fourth-order valence-electron chi connectivity index (χ4n) is 6.17. The van der Waals surface area contributed by atoms with Gasteiger partial charge in [0.2, 0.25) is 0 Å². The number of aromatic amines is 1. The highest BCUT2D eigenvalue weighted by Crippen LogP contribution is 2.47. The van der Waals surface area contributed by atoms with E-state index in [0.29, 0.717) is 54.2 Å². The summed E-state index contributed by atoms with van der Waals surface area (Å²) >= 11 is 0. The lowest BCUT2D eigenvalue weighted by Gasteiger charge is -2.48. The van der Waals surface area contributed by atoms with Gasteiger partial charge < -0.3 is 29.4 Å². The molecule has 0 aliphatic carbocycles. The van der Waals surface area contributed by atoms with Crippen LogP contribution in [0.3, 0.4) is 0 Å². The minimum atomic E-state index is -4.42. The number of imidazole rings is 1. The van der Waals surface area contributed by atoms with Crippen LogP contribution in [0.5, 0.6) is 5.75 Å². The van der Waals surface area contributed by atoms with Gasteiger partial charge in [0.25, 0.3) is 0 Å². The number of esters is 2. The van der Waals surface area contributed by atoms with Crippen LogP contribution in [0.15, 0.2) is 54.4 Å². The Labute approximate surface area is 245 Å². The van der Waals surface area contributed by atoms with Gasteiger partial charge in [-0.1, -0.05) is 0 Å². The highest BCUT2D eigenvalue weighted by molar-refractivity contribution is 5.90. The Morgan fingerprint density at radius 1 is 1.09 bits per heavy atom. The molecule has 3 aliphatic heterocycles. The van der Waals surface area contributed by atoms with Crippen LogP contribution in [0.2, 0.25) is 0 Å². The average molecular weight is 597 g/mol. The van der Waals surface area contributed by atoms with E-state index < -0.39 is 23.3 Å². The van der Waals surface area contributed by atoms with Gasteiger partial charge in [-0.15, -0.1) is 0 Å². The van der Waals surface area contributed by atoms with Crippen molar-refractivity contribution in [1.82, 2.24) is 20.2 Å². The van der Waals surface area contributed by atoms with Crippen LogP contribution in [-0.2, 0) is 20.4 Å². The van der Waals surface area contributed by atoms with Gasteiger partial charge in [-0.3, -0.25) is 4.79 Å². The van der Waals surface area contributed by atoms with Gasteiger partial charge in [0.1, 0.15) is 23.0 Å². The molecule has 2 N–H and O–H groups in total. The number of methoxy groups -OCH3 is 2. The number of ether oxygens (including phenoxy) is 3. The molecule has 1 aromatic heterocycles. The normalized spacial score (nSPS) is 19.6. The number of carbonyl (C=O) groups excluding carboxylic acids is 2. The third-order valence-corrected chi connectivity index (χ3v) is 8.49. The first-order valence-electron chi connectivity index (χ1n) is 14.0. The van der Waals surface area contributed by atoms with Crippen LogP contribution >= 0.6 is 0 Å². The Balaban J connectivity index is 1.16. The summed E-state index contributed by atoms with van der Waals surface area (Å²) in [6.07, 6.45) is 1.72. The maximum absolute atomic E-state index is 13.1. The van der Waals surface area contributed by atoms with E-state index in [9.17, 15) is 22.8 Å². The molecule has 1 fully saturated rings. The Morgan fingerprint density at radius 3 is 2.56 bits per heavy atom. The number of alkyl halides is 3. The molecule has 2 aromatic carbocycles. The molecule has 9 nitrogen and oxygen atoms in total. The highest BCUT2D eigenvalue weighted by Gasteiger charge is 2.44. The van der Waals surface area contributed by atoms with E-state index >= 15 is 0 Å². The van der Waals surface area contributed by atoms with Crippen LogP contribution in [0.1, 0.15) is 58.9 Å². The quantitative estimate of drug-likeness (QED) is 0.390. The number of hydrogen-bond acceptors (Lipinski definition) is 8. The molecule has 1 atom stereocenters. The van der Waals surface area contributed by atoms with Crippen molar-refractivity contribution < 1.29 is 37.0 Å². The van der Waals surface area contributed by atoms with Gasteiger partial charge in [0.05, 0.1) is 42.8 Å². The summed E-state index contributed by atoms with van der Waals surface area (Å²) in [5, 5.41) is 3.42. The van der Waals surface area contributed by atoms with E-state index in [1.165, 1.54) is 20.3 Å². The van der Waals surface area contributed by atoms with E-state index in [1.54, 1.807) is 18.2 Å². The molecule has 226 valence electrons. The second-order valence-electron chi connectivity index (χ2n) is 11.1.